The van der Waals surface area contributed by atoms with Gasteiger partial charge >= 0.3 is 0 Å². The molecule has 0 saturated heterocycles. The second kappa shape index (κ2) is 4.60. The van der Waals surface area contributed by atoms with Gasteiger partial charge in [0, 0.05) is 0 Å². The topological polar surface area (TPSA) is 43.1 Å². The highest BCUT2D eigenvalue weighted by atomic mass is 19.2. The minimum atomic E-state index is -2.67. The van der Waals surface area contributed by atoms with Gasteiger partial charge in [0.2, 0.25) is 5.67 Å². The van der Waals surface area contributed by atoms with Crippen LogP contribution in [0.5, 0.6) is 0 Å². The molecule has 0 radical (unpaired) electrons. The average Bonchev–Trinajstić information content (AvgIpc) is 2.27. The number of hydrogen-bond donors (Lipinski definition) is 1. The van der Waals surface area contributed by atoms with Gasteiger partial charge in [-0.2, -0.15) is 0 Å². The van der Waals surface area contributed by atoms with Gasteiger partial charge < -0.3 is 5.73 Å². The van der Waals surface area contributed by atoms with Crippen molar-refractivity contribution in [3.05, 3.63) is 35.9 Å². The first-order valence-electron chi connectivity index (χ1n) is 5.08. The summed E-state index contributed by atoms with van der Waals surface area (Å²) in [5, 5.41) is 0. The summed E-state index contributed by atoms with van der Waals surface area (Å²) in [6.07, 6.45) is -2.04. The molecule has 0 aromatic heterocycles. The summed E-state index contributed by atoms with van der Waals surface area (Å²) in [4.78, 5) is 11.1. The van der Waals surface area contributed by atoms with Crippen LogP contribution in [-0.2, 0) is 4.79 Å². The van der Waals surface area contributed by atoms with Crippen LogP contribution in [0.15, 0.2) is 30.3 Å². The molecule has 0 saturated carbocycles. The normalized spacial score (nSPS) is 16.8. The SMILES string of the molecule is CC(C)[C@@](F)(C(N)=O)[C@@H](F)c1ccccc1. The lowest BCUT2D eigenvalue weighted by Crippen LogP contribution is -2.47. The van der Waals surface area contributed by atoms with Crippen LogP contribution >= 0.6 is 0 Å². The number of alkyl halides is 2. The van der Waals surface area contributed by atoms with E-state index >= 15 is 0 Å². The van der Waals surface area contributed by atoms with E-state index in [0.29, 0.717) is 0 Å². The van der Waals surface area contributed by atoms with E-state index in [9.17, 15) is 13.6 Å². The fourth-order valence-electron chi connectivity index (χ4n) is 1.57. The van der Waals surface area contributed by atoms with E-state index in [1.54, 1.807) is 18.2 Å². The van der Waals surface area contributed by atoms with Gasteiger partial charge in [-0.25, -0.2) is 8.78 Å². The van der Waals surface area contributed by atoms with E-state index < -0.39 is 23.7 Å². The fraction of sp³-hybridized carbons (Fsp3) is 0.417. The molecule has 0 fully saturated rings. The Labute approximate surface area is 93.5 Å². The third-order valence-electron chi connectivity index (χ3n) is 2.68. The van der Waals surface area contributed by atoms with E-state index in [4.69, 9.17) is 5.73 Å². The number of amides is 1. The van der Waals surface area contributed by atoms with Crippen LogP contribution in [0.1, 0.15) is 25.6 Å². The second-order valence-corrected chi connectivity index (χ2v) is 4.06. The molecule has 0 aliphatic rings. The zero-order valence-corrected chi connectivity index (χ0v) is 9.28. The van der Waals surface area contributed by atoms with E-state index in [0.717, 1.165) is 0 Å². The number of carbonyl (C=O) groups excluding carboxylic acids is 1. The summed E-state index contributed by atoms with van der Waals surface area (Å²) in [6.45, 7) is 2.86. The van der Waals surface area contributed by atoms with Gasteiger partial charge in [0.1, 0.15) is 0 Å². The fourth-order valence-corrected chi connectivity index (χ4v) is 1.57. The average molecular weight is 227 g/mol. The van der Waals surface area contributed by atoms with Crippen LogP contribution in [0.2, 0.25) is 0 Å². The van der Waals surface area contributed by atoms with Crippen molar-refractivity contribution in [2.75, 3.05) is 0 Å². The maximum Gasteiger partial charge on any atom is 0.258 e. The Bertz CT molecular complexity index is 367. The summed E-state index contributed by atoms with van der Waals surface area (Å²) in [5.41, 5.74) is 2.41. The number of carbonyl (C=O) groups is 1. The summed E-state index contributed by atoms with van der Waals surface area (Å²) in [7, 11) is 0. The van der Waals surface area contributed by atoms with Crippen molar-refractivity contribution >= 4 is 5.91 Å². The zero-order valence-electron chi connectivity index (χ0n) is 9.28. The summed E-state index contributed by atoms with van der Waals surface area (Å²) < 4.78 is 28.3. The number of halogens is 2. The van der Waals surface area contributed by atoms with Crippen LogP contribution in [0, 0.1) is 5.92 Å². The molecule has 1 aromatic carbocycles. The van der Waals surface area contributed by atoms with E-state index in [1.165, 1.54) is 26.0 Å². The van der Waals surface area contributed by atoms with Crippen molar-refractivity contribution in [3.63, 3.8) is 0 Å². The Morgan fingerprint density at radius 2 is 1.81 bits per heavy atom. The highest BCUT2D eigenvalue weighted by Crippen LogP contribution is 2.38. The van der Waals surface area contributed by atoms with Crippen LogP contribution in [0.3, 0.4) is 0 Å². The zero-order chi connectivity index (χ0) is 12.3. The predicted molar refractivity (Wildman–Crippen MR) is 58.2 cm³/mol. The quantitative estimate of drug-likeness (QED) is 0.843. The molecule has 2 nitrogen and oxygen atoms in total. The van der Waals surface area contributed by atoms with Gasteiger partial charge in [0.05, 0.1) is 0 Å². The Balaban J connectivity index is 3.11. The maximum absolute atomic E-state index is 14.3. The minimum absolute atomic E-state index is 0.123. The molecule has 0 bridgehead atoms. The molecule has 1 amide bonds. The standard InChI is InChI=1S/C12H15F2NO/c1-8(2)12(14,11(15)16)10(13)9-6-4-3-5-7-9/h3-8,10H,1-2H3,(H2,15,16)/t10-,12-/m0/s1. The largest absolute Gasteiger partial charge is 0.367 e. The smallest absolute Gasteiger partial charge is 0.258 e. The van der Waals surface area contributed by atoms with Crippen molar-refractivity contribution in [3.8, 4) is 0 Å². The predicted octanol–water partition coefficient (Wildman–Crippen LogP) is 2.55. The van der Waals surface area contributed by atoms with Gasteiger partial charge in [-0.05, 0) is 11.5 Å². The molecule has 2 atom stereocenters. The van der Waals surface area contributed by atoms with Gasteiger partial charge in [0.15, 0.2) is 6.17 Å². The lowest BCUT2D eigenvalue weighted by molar-refractivity contribution is -0.138. The molecule has 0 unspecified atom stereocenters. The van der Waals surface area contributed by atoms with E-state index in [1.807, 2.05) is 0 Å². The molecule has 1 rings (SSSR count). The van der Waals surface area contributed by atoms with Crippen molar-refractivity contribution in [1.82, 2.24) is 0 Å². The summed E-state index contributed by atoms with van der Waals surface area (Å²) in [6, 6.07) is 7.73. The second-order valence-electron chi connectivity index (χ2n) is 4.06. The molecule has 0 heterocycles. The Morgan fingerprint density at radius 3 is 2.19 bits per heavy atom. The van der Waals surface area contributed by atoms with Crippen molar-refractivity contribution in [1.29, 1.82) is 0 Å². The van der Waals surface area contributed by atoms with Crippen molar-refractivity contribution in [2.45, 2.75) is 25.7 Å². The molecule has 0 spiro atoms. The molecular formula is C12H15F2NO. The third kappa shape index (κ3) is 2.05. The molecule has 2 N–H and O–H groups in total. The number of benzene rings is 1. The first-order valence-corrected chi connectivity index (χ1v) is 5.08. The first kappa shape index (κ1) is 12.6. The van der Waals surface area contributed by atoms with Crippen LogP contribution in [0.25, 0.3) is 0 Å². The van der Waals surface area contributed by atoms with Crippen LogP contribution < -0.4 is 5.73 Å². The molecule has 0 aliphatic carbocycles. The maximum atomic E-state index is 14.3. The van der Waals surface area contributed by atoms with Crippen LogP contribution in [0.4, 0.5) is 8.78 Å². The lowest BCUT2D eigenvalue weighted by atomic mass is 9.84. The van der Waals surface area contributed by atoms with Gasteiger partial charge in [-0.15, -0.1) is 0 Å². The molecule has 1 aromatic rings. The van der Waals surface area contributed by atoms with E-state index in [-0.39, 0.29) is 5.56 Å². The number of rotatable bonds is 4. The Kier molecular flexibility index (Phi) is 3.62. The summed E-state index contributed by atoms with van der Waals surface area (Å²) >= 11 is 0. The molecule has 0 aliphatic heterocycles. The summed E-state index contributed by atoms with van der Waals surface area (Å²) in [5.74, 6) is -2.08. The lowest BCUT2D eigenvalue weighted by Gasteiger charge is -2.29. The first-order chi connectivity index (χ1) is 7.40. The Morgan fingerprint density at radius 1 is 1.31 bits per heavy atom. The molecule has 88 valence electrons. The van der Waals surface area contributed by atoms with Gasteiger partial charge in [-0.3, -0.25) is 4.79 Å². The van der Waals surface area contributed by atoms with Gasteiger partial charge in [-0.1, -0.05) is 44.2 Å². The minimum Gasteiger partial charge on any atom is -0.367 e. The van der Waals surface area contributed by atoms with Crippen molar-refractivity contribution < 1.29 is 13.6 Å². The molecular weight excluding hydrogens is 212 g/mol. The number of primary amides is 1. The van der Waals surface area contributed by atoms with Crippen LogP contribution in [-0.4, -0.2) is 11.6 Å². The molecule has 4 heteroatoms. The van der Waals surface area contributed by atoms with Crippen molar-refractivity contribution in [2.24, 2.45) is 11.7 Å². The molecule has 16 heavy (non-hydrogen) atoms. The number of nitrogens with two attached hydrogens (primary N) is 1. The number of hydrogen-bond acceptors (Lipinski definition) is 1. The monoisotopic (exact) mass is 227 g/mol. The third-order valence-corrected chi connectivity index (χ3v) is 2.68. The van der Waals surface area contributed by atoms with E-state index in [2.05, 4.69) is 0 Å². The Hall–Kier alpha value is -1.45. The van der Waals surface area contributed by atoms with Gasteiger partial charge in [0.25, 0.3) is 5.91 Å². The highest BCUT2D eigenvalue weighted by Gasteiger charge is 2.49. The highest BCUT2D eigenvalue weighted by molar-refractivity contribution is 5.84.